The van der Waals surface area contributed by atoms with E-state index in [1.807, 2.05) is 12.3 Å². The third kappa shape index (κ3) is 1.58. The van der Waals surface area contributed by atoms with Crippen LogP contribution in [0.25, 0.3) is 0 Å². The highest BCUT2D eigenvalue weighted by atomic mass is 32.1. The van der Waals surface area contributed by atoms with Gasteiger partial charge in [-0.15, -0.1) is 11.3 Å². The highest BCUT2D eigenvalue weighted by Gasteiger charge is 2.32. The maximum atomic E-state index is 10.8. The number of hydroxylamine groups is 2. The maximum absolute atomic E-state index is 10.8. The van der Waals surface area contributed by atoms with E-state index in [1.54, 1.807) is 0 Å². The molecule has 0 unspecified atom stereocenters. The Bertz CT molecular complexity index is 352. The first kappa shape index (κ1) is 9.42. The molecular formula is C8H10N2O3S. The fourth-order valence-corrected chi connectivity index (χ4v) is 2.12. The van der Waals surface area contributed by atoms with Crippen LogP contribution in [-0.4, -0.2) is 27.9 Å². The molecule has 2 heterocycles. The molecule has 1 aliphatic heterocycles. The Labute approximate surface area is 84.9 Å². The summed E-state index contributed by atoms with van der Waals surface area (Å²) < 4.78 is 0. The Morgan fingerprint density at radius 3 is 3.21 bits per heavy atom. The third-order valence-corrected chi connectivity index (χ3v) is 2.86. The van der Waals surface area contributed by atoms with Gasteiger partial charge in [-0.05, 0) is 6.92 Å². The first-order valence-electron chi connectivity index (χ1n) is 4.25. The summed E-state index contributed by atoms with van der Waals surface area (Å²) in [7, 11) is 0. The Kier molecular flexibility index (Phi) is 2.39. The lowest BCUT2D eigenvalue weighted by Crippen LogP contribution is -2.27. The second-order valence-electron chi connectivity index (χ2n) is 3.04. The molecule has 1 saturated heterocycles. The van der Waals surface area contributed by atoms with Crippen LogP contribution in [-0.2, 0) is 4.84 Å². The minimum Gasteiger partial charge on any atom is -0.463 e. The first-order chi connectivity index (χ1) is 6.68. The van der Waals surface area contributed by atoms with E-state index >= 15 is 0 Å². The highest BCUT2D eigenvalue weighted by Crippen LogP contribution is 2.30. The molecule has 0 aliphatic carbocycles. The normalized spacial score (nSPS) is 21.5. The molecule has 1 aliphatic rings. The third-order valence-electron chi connectivity index (χ3n) is 2.07. The first-order valence-corrected chi connectivity index (χ1v) is 5.13. The molecule has 1 N–H and O–H groups in total. The van der Waals surface area contributed by atoms with Gasteiger partial charge < -0.3 is 5.11 Å². The van der Waals surface area contributed by atoms with Gasteiger partial charge in [0.1, 0.15) is 6.04 Å². The zero-order chi connectivity index (χ0) is 10.1. The molecule has 0 saturated carbocycles. The van der Waals surface area contributed by atoms with E-state index in [4.69, 9.17) is 9.94 Å². The van der Waals surface area contributed by atoms with Gasteiger partial charge >= 0.3 is 6.09 Å². The minimum absolute atomic E-state index is 0.238. The summed E-state index contributed by atoms with van der Waals surface area (Å²) >= 11 is 1.52. The molecule has 14 heavy (non-hydrogen) atoms. The summed E-state index contributed by atoms with van der Waals surface area (Å²) in [4.78, 5) is 20.0. The second kappa shape index (κ2) is 3.55. The van der Waals surface area contributed by atoms with E-state index in [1.165, 1.54) is 11.3 Å². The predicted molar refractivity (Wildman–Crippen MR) is 50.0 cm³/mol. The van der Waals surface area contributed by atoms with Gasteiger partial charge in [-0.2, -0.15) is 5.06 Å². The number of rotatable bonds is 1. The van der Waals surface area contributed by atoms with E-state index in [-0.39, 0.29) is 6.04 Å². The average molecular weight is 214 g/mol. The molecule has 0 aromatic carbocycles. The predicted octanol–water partition coefficient (Wildman–Crippen LogP) is 1.81. The van der Waals surface area contributed by atoms with Gasteiger partial charge in [-0.3, -0.25) is 4.84 Å². The van der Waals surface area contributed by atoms with Crippen molar-refractivity contribution in [3.8, 4) is 0 Å². The minimum atomic E-state index is -1.06. The van der Waals surface area contributed by atoms with Crippen molar-refractivity contribution in [2.45, 2.75) is 19.4 Å². The fraction of sp³-hybridized carbons (Fsp3) is 0.500. The van der Waals surface area contributed by atoms with Crippen molar-refractivity contribution in [2.75, 3.05) is 6.61 Å². The van der Waals surface area contributed by atoms with Crippen molar-refractivity contribution in [3.63, 3.8) is 0 Å². The number of hydrogen-bond acceptors (Lipinski definition) is 4. The summed E-state index contributed by atoms with van der Waals surface area (Å²) in [6, 6.07) is -0.238. The second-order valence-corrected chi connectivity index (χ2v) is 4.10. The van der Waals surface area contributed by atoms with Gasteiger partial charge in [0, 0.05) is 11.8 Å². The van der Waals surface area contributed by atoms with Crippen molar-refractivity contribution in [1.29, 1.82) is 0 Å². The molecule has 2 rings (SSSR count). The van der Waals surface area contributed by atoms with E-state index < -0.39 is 6.09 Å². The van der Waals surface area contributed by atoms with Gasteiger partial charge in [0.05, 0.1) is 17.3 Å². The Balaban J connectivity index is 2.21. The summed E-state index contributed by atoms with van der Waals surface area (Å²) in [6.07, 6.45) is -0.381. The molecule has 1 aromatic rings. The zero-order valence-corrected chi connectivity index (χ0v) is 8.45. The van der Waals surface area contributed by atoms with Crippen LogP contribution in [0.5, 0.6) is 0 Å². The molecular weight excluding hydrogens is 204 g/mol. The standard InChI is InChI=1S/C8H10N2O3S/c1-5-9-6(4-14-5)7-2-3-13-10(7)8(11)12/h4,7H,2-3H2,1H3,(H,11,12)/t7-/m0/s1. The number of carbonyl (C=O) groups is 1. The van der Waals surface area contributed by atoms with Crippen LogP contribution in [0, 0.1) is 6.92 Å². The molecule has 6 heteroatoms. The van der Waals surface area contributed by atoms with Crippen LogP contribution in [0.15, 0.2) is 5.38 Å². The SMILES string of the molecule is Cc1nc([C@@H]2CCON2C(=O)O)cs1. The number of aromatic nitrogens is 1. The number of aryl methyl sites for hydroxylation is 1. The molecule has 1 fully saturated rings. The van der Waals surface area contributed by atoms with Gasteiger partial charge in [-0.1, -0.05) is 0 Å². The van der Waals surface area contributed by atoms with E-state index in [9.17, 15) is 4.79 Å². The van der Waals surface area contributed by atoms with E-state index in [0.717, 1.165) is 15.8 Å². The number of nitrogens with zero attached hydrogens (tertiary/aromatic N) is 2. The van der Waals surface area contributed by atoms with Gasteiger partial charge in [0.15, 0.2) is 0 Å². The van der Waals surface area contributed by atoms with Crippen molar-refractivity contribution in [2.24, 2.45) is 0 Å². The summed E-state index contributed by atoms with van der Waals surface area (Å²) in [6.45, 7) is 2.34. The van der Waals surface area contributed by atoms with Crippen molar-refractivity contribution in [1.82, 2.24) is 10.0 Å². The highest BCUT2D eigenvalue weighted by molar-refractivity contribution is 7.09. The molecule has 1 amide bonds. The summed E-state index contributed by atoms with van der Waals surface area (Å²) in [5, 5.41) is 12.6. The van der Waals surface area contributed by atoms with Gasteiger partial charge in [0.2, 0.25) is 0 Å². The number of amides is 1. The van der Waals surface area contributed by atoms with Crippen LogP contribution in [0.4, 0.5) is 4.79 Å². The Morgan fingerprint density at radius 2 is 2.64 bits per heavy atom. The lowest BCUT2D eigenvalue weighted by atomic mass is 10.2. The number of thiazole rings is 1. The summed E-state index contributed by atoms with van der Waals surface area (Å²) in [5.41, 5.74) is 0.785. The van der Waals surface area contributed by atoms with Crippen molar-refractivity contribution < 1.29 is 14.7 Å². The molecule has 0 spiro atoms. The topological polar surface area (TPSA) is 62.7 Å². The Hall–Kier alpha value is -1.14. The summed E-state index contributed by atoms with van der Waals surface area (Å²) in [5.74, 6) is 0. The van der Waals surface area contributed by atoms with Crippen LogP contribution in [0.1, 0.15) is 23.2 Å². The zero-order valence-electron chi connectivity index (χ0n) is 7.64. The number of hydrogen-bond donors (Lipinski definition) is 1. The lowest BCUT2D eigenvalue weighted by molar-refractivity contribution is -0.104. The van der Waals surface area contributed by atoms with Gasteiger partial charge in [0.25, 0.3) is 0 Å². The van der Waals surface area contributed by atoms with Crippen LogP contribution < -0.4 is 0 Å². The van der Waals surface area contributed by atoms with Crippen LogP contribution >= 0.6 is 11.3 Å². The lowest BCUT2D eigenvalue weighted by Gasteiger charge is -2.16. The monoisotopic (exact) mass is 214 g/mol. The van der Waals surface area contributed by atoms with Crippen molar-refractivity contribution >= 4 is 17.4 Å². The molecule has 0 bridgehead atoms. The number of carboxylic acid groups (broad SMARTS) is 1. The van der Waals surface area contributed by atoms with E-state index in [0.29, 0.717) is 13.0 Å². The average Bonchev–Trinajstić information content (AvgIpc) is 2.70. The van der Waals surface area contributed by atoms with Crippen molar-refractivity contribution in [3.05, 3.63) is 16.1 Å². The molecule has 5 nitrogen and oxygen atoms in total. The molecule has 1 aromatic heterocycles. The van der Waals surface area contributed by atoms with E-state index in [2.05, 4.69) is 4.98 Å². The quantitative estimate of drug-likeness (QED) is 0.774. The smallest absolute Gasteiger partial charge is 0.432 e. The van der Waals surface area contributed by atoms with Crippen LogP contribution in [0.3, 0.4) is 0 Å². The fourth-order valence-electron chi connectivity index (χ4n) is 1.46. The molecule has 1 atom stereocenters. The molecule has 76 valence electrons. The maximum Gasteiger partial charge on any atom is 0.432 e. The van der Waals surface area contributed by atoms with Crippen LogP contribution in [0.2, 0.25) is 0 Å². The molecule has 0 radical (unpaired) electrons. The largest absolute Gasteiger partial charge is 0.463 e. The van der Waals surface area contributed by atoms with Gasteiger partial charge in [-0.25, -0.2) is 9.78 Å². The Morgan fingerprint density at radius 1 is 1.86 bits per heavy atom.